The van der Waals surface area contributed by atoms with Crippen molar-refractivity contribution in [1.82, 2.24) is 0 Å². The van der Waals surface area contributed by atoms with Gasteiger partial charge in [-0.3, -0.25) is 4.79 Å². The zero-order valence-corrected chi connectivity index (χ0v) is 15.5. The number of hydrogen-bond acceptors (Lipinski definition) is 3. The first-order chi connectivity index (χ1) is 13.6. The minimum atomic E-state index is -0.576. The second-order valence-electron chi connectivity index (χ2n) is 6.28. The van der Waals surface area contributed by atoms with Crippen molar-refractivity contribution in [3.8, 4) is 5.75 Å². The van der Waals surface area contributed by atoms with Gasteiger partial charge in [0, 0.05) is 16.1 Å². The van der Waals surface area contributed by atoms with E-state index < -0.39 is 5.97 Å². The summed E-state index contributed by atoms with van der Waals surface area (Å²) >= 11 is 5.89. The first-order valence-corrected chi connectivity index (χ1v) is 9.10. The van der Waals surface area contributed by atoms with Crippen LogP contribution in [0.25, 0.3) is 10.8 Å². The molecule has 0 heterocycles. The maximum absolute atomic E-state index is 12.9. The highest BCUT2D eigenvalue weighted by molar-refractivity contribution is 6.30. The maximum atomic E-state index is 12.9. The Balaban J connectivity index is 1.64. The Bertz CT molecular complexity index is 1180. The molecule has 0 aliphatic heterocycles. The van der Waals surface area contributed by atoms with E-state index in [1.807, 2.05) is 30.3 Å². The molecule has 4 aromatic carbocycles. The lowest BCUT2D eigenvalue weighted by atomic mass is 9.98. The van der Waals surface area contributed by atoms with Gasteiger partial charge in [0.25, 0.3) is 0 Å². The number of halogens is 1. The molecule has 4 rings (SSSR count). The predicted octanol–water partition coefficient (Wildman–Crippen LogP) is 5.94. The monoisotopic (exact) mass is 386 g/mol. The third kappa shape index (κ3) is 3.66. The number of fused-ring (bicyclic) bond motifs is 1. The summed E-state index contributed by atoms with van der Waals surface area (Å²) in [7, 11) is 0. The van der Waals surface area contributed by atoms with Crippen LogP contribution in [0.4, 0.5) is 0 Å². The van der Waals surface area contributed by atoms with Gasteiger partial charge >= 0.3 is 5.97 Å². The van der Waals surface area contributed by atoms with Crippen LogP contribution in [0.2, 0.25) is 5.02 Å². The van der Waals surface area contributed by atoms with Gasteiger partial charge in [-0.2, -0.15) is 0 Å². The highest BCUT2D eigenvalue weighted by Gasteiger charge is 2.19. The SMILES string of the molecule is O=C(Oc1ccc2ccccc2c1)c1ccccc1C(=O)c1ccc(Cl)cc1. The number of ether oxygens (including phenoxy) is 1. The molecule has 0 N–H and O–H groups in total. The molecule has 0 unspecified atom stereocenters. The second-order valence-corrected chi connectivity index (χ2v) is 6.72. The summed E-state index contributed by atoms with van der Waals surface area (Å²) in [5.41, 5.74) is 0.960. The van der Waals surface area contributed by atoms with Crippen LogP contribution in [0.5, 0.6) is 5.75 Å². The molecule has 0 amide bonds. The van der Waals surface area contributed by atoms with Crippen molar-refractivity contribution in [2.24, 2.45) is 0 Å². The molecule has 0 bridgehead atoms. The fourth-order valence-electron chi connectivity index (χ4n) is 3.01. The summed E-state index contributed by atoms with van der Waals surface area (Å²) in [5, 5.41) is 2.57. The van der Waals surface area contributed by atoms with Crippen LogP contribution in [-0.4, -0.2) is 11.8 Å². The van der Waals surface area contributed by atoms with E-state index >= 15 is 0 Å². The summed E-state index contributed by atoms with van der Waals surface area (Å²) in [4.78, 5) is 25.6. The molecule has 0 atom stereocenters. The van der Waals surface area contributed by atoms with Gasteiger partial charge in [-0.25, -0.2) is 4.79 Å². The van der Waals surface area contributed by atoms with Gasteiger partial charge in [0.1, 0.15) is 5.75 Å². The molecule has 0 aliphatic rings. The molecule has 0 radical (unpaired) electrons. The minimum Gasteiger partial charge on any atom is -0.423 e. The normalized spacial score (nSPS) is 10.6. The fraction of sp³-hybridized carbons (Fsp3) is 0. The van der Waals surface area contributed by atoms with Crippen LogP contribution in [0.15, 0.2) is 91.0 Å². The number of benzene rings is 4. The lowest BCUT2D eigenvalue weighted by Gasteiger charge is -2.10. The van der Waals surface area contributed by atoms with Gasteiger partial charge in [0.15, 0.2) is 5.78 Å². The van der Waals surface area contributed by atoms with Gasteiger partial charge in [-0.15, -0.1) is 0 Å². The molecule has 0 aliphatic carbocycles. The van der Waals surface area contributed by atoms with Crippen molar-refractivity contribution < 1.29 is 14.3 Å². The third-order valence-electron chi connectivity index (χ3n) is 4.43. The quantitative estimate of drug-likeness (QED) is 0.247. The van der Waals surface area contributed by atoms with Gasteiger partial charge in [0.05, 0.1) is 5.56 Å². The van der Waals surface area contributed by atoms with Crippen molar-refractivity contribution in [1.29, 1.82) is 0 Å². The number of carbonyl (C=O) groups is 2. The van der Waals surface area contributed by atoms with E-state index in [-0.39, 0.29) is 16.9 Å². The largest absolute Gasteiger partial charge is 0.423 e. The Morgan fingerprint density at radius 3 is 2.07 bits per heavy atom. The molecule has 28 heavy (non-hydrogen) atoms. The van der Waals surface area contributed by atoms with E-state index in [2.05, 4.69) is 0 Å². The van der Waals surface area contributed by atoms with Crippen LogP contribution in [-0.2, 0) is 0 Å². The lowest BCUT2D eigenvalue weighted by molar-refractivity contribution is 0.0730. The third-order valence-corrected chi connectivity index (χ3v) is 4.68. The molecule has 0 saturated heterocycles. The van der Waals surface area contributed by atoms with Gasteiger partial charge in [0.2, 0.25) is 0 Å². The van der Waals surface area contributed by atoms with Gasteiger partial charge < -0.3 is 4.74 Å². The molecule has 0 fully saturated rings. The summed E-state index contributed by atoms with van der Waals surface area (Å²) in [6.07, 6.45) is 0. The molecule has 0 spiro atoms. The highest BCUT2D eigenvalue weighted by Crippen LogP contribution is 2.23. The van der Waals surface area contributed by atoms with E-state index in [0.29, 0.717) is 16.3 Å². The molecule has 136 valence electrons. The molecular weight excluding hydrogens is 372 g/mol. The Morgan fingerprint density at radius 2 is 1.32 bits per heavy atom. The molecule has 0 saturated carbocycles. The van der Waals surface area contributed by atoms with Crippen LogP contribution in [0.1, 0.15) is 26.3 Å². The van der Waals surface area contributed by atoms with E-state index in [1.165, 1.54) is 0 Å². The highest BCUT2D eigenvalue weighted by atomic mass is 35.5. The van der Waals surface area contributed by atoms with Crippen LogP contribution in [0.3, 0.4) is 0 Å². The Kier molecular flexibility index (Phi) is 4.92. The number of ketones is 1. The molecule has 4 heteroatoms. The fourth-order valence-corrected chi connectivity index (χ4v) is 3.13. The Morgan fingerprint density at radius 1 is 0.679 bits per heavy atom. The topological polar surface area (TPSA) is 43.4 Å². The van der Waals surface area contributed by atoms with Crippen molar-refractivity contribution in [3.63, 3.8) is 0 Å². The van der Waals surface area contributed by atoms with Gasteiger partial charge in [-0.1, -0.05) is 60.1 Å². The predicted molar refractivity (Wildman–Crippen MR) is 110 cm³/mol. The van der Waals surface area contributed by atoms with Crippen LogP contribution in [0, 0.1) is 0 Å². The zero-order chi connectivity index (χ0) is 19.5. The average molecular weight is 387 g/mol. The van der Waals surface area contributed by atoms with E-state index in [9.17, 15) is 9.59 Å². The minimum absolute atomic E-state index is 0.218. The zero-order valence-electron chi connectivity index (χ0n) is 14.8. The Hall–Kier alpha value is -3.43. The number of esters is 1. The van der Waals surface area contributed by atoms with Crippen molar-refractivity contribution in [3.05, 3.63) is 113 Å². The average Bonchev–Trinajstić information content (AvgIpc) is 2.73. The second kappa shape index (κ2) is 7.67. The van der Waals surface area contributed by atoms with Crippen molar-refractivity contribution in [2.75, 3.05) is 0 Å². The Labute approximate surface area is 167 Å². The van der Waals surface area contributed by atoms with Crippen molar-refractivity contribution in [2.45, 2.75) is 0 Å². The summed E-state index contributed by atoms with van der Waals surface area (Å²) in [5.74, 6) is -0.409. The summed E-state index contributed by atoms with van der Waals surface area (Å²) < 4.78 is 5.54. The molecule has 4 aromatic rings. The van der Waals surface area contributed by atoms with E-state index in [0.717, 1.165) is 10.8 Å². The smallest absolute Gasteiger partial charge is 0.344 e. The van der Waals surface area contributed by atoms with E-state index in [1.54, 1.807) is 60.7 Å². The van der Waals surface area contributed by atoms with Crippen molar-refractivity contribution >= 4 is 34.1 Å². The standard InChI is InChI=1S/C24H15ClO3/c25-19-12-9-17(10-13-19)23(26)21-7-3-4-8-22(21)24(27)28-20-14-11-16-5-1-2-6-18(16)15-20/h1-15H. The first kappa shape index (κ1) is 18.0. The maximum Gasteiger partial charge on any atom is 0.344 e. The first-order valence-electron chi connectivity index (χ1n) is 8.72. The molecular formula is C24H15ClO3. The summed E-state index contributed by atoms with van der Waals surface area (Å²) in [6, 6.07) is 26.4. The summed E-state index contributed by atoms with van der Waals surface area (Å²) in [6.45, 7) is 0. The number of carbonyl (C=O) groups excluding carboxylic acids is 2. The molecule has 3 nitrogen and oxygen atoms in total. The number of rotatable bonds is 4. The molecule has 0 aromatic heterocycles. The lowest BCUT2D eigenvalue weighted by Crippen LogP contribution is -2.14. The van der Waals surface area contributed by atoms with Crippen LogP contribution >= 0.6 is 11.6 Å². The van der Waals surface area contributed by atoms with Gasteiger partial charge in [-0.05, 0) is 53.2 Å². The van der Waals surface area contributed by atoms with Crippen LogP contribution < -0.4 is 4.74 Å². The number of hydrogen-bond donors (Lipinski definition) is 0. The van der Waals surface area contributed by atoms with E-state index in [4.69, 9.17) is 16.3 Å².